The van der Waals surface area contributed by atoms with Crippen molar-refractivity contribution in [2.45, 2.75) is 32.8 Å². The van der Waals surface area contributed by atoms with Gasteiger partial charge in [0.25, 0.3) is 5.91 Å². The van der Waals surface area contributed by atoms with Gasteiger partial charge in [0.15, 0.2) is 0 Å². The number of methoxy groups -OCH3 is 1. The van der Waals surface area contributed by atoms with Crippen molar-refractivity contribution in [3.8, 4) is 17.6 Å². The highest BCUT2D eigenvalue weighted by Crippen LogP contribution is 2.36. The van der Waals surface area contributed by atoms with Crippen molar-refractivity contribution in [1.29, 1.82) is 5.26 Å². The monoisotopic (exact) mass is 344 g/mol. The van der Waals surface area contributed by atoms with Gasteiger partial charge in [0.05, 0.1) is 6.61 Å². The molecular formula is C19H24N2O4. The van der Waals surface area contributed by atoms with E-state index in [4.69, 9.17) is 14.2 Å². The second kappa shape index (κ2) is 9.09. The Kier molecular flexibility index (Phi) is 6.84. The number of nitriles is 1. The van der Waals surface area contributed by atoms with E-state index >= 15 is 0 Å². The van der Waals surface area contributed by atoms with E-state index < -0.39 is 5.91 Å². The molecule has 25 heavy (non-hydrogen) atoms. The topological polar surface area (TPSA) is 80.6 Å². The Bertz CT molecular complexity index is 691. The number of carbonyl (C=O) groups excluding carboxylic acids is 1. The van der Waals surface area contributed by atoms with E-state index in [-0.39, 0.29) is 11.7 Å². The van der Waals surface area contributed by atoms with Gasteiger partial charge in [0.1, 0.15) is 29.2 Å². The lowest BCUT2D eigenvalue weighted by Gasteiger charge is -2.11. The highest BCUT2D eigenvalue weighted by atomic mass is 16.5. The number of ether oxygens (including phenoxy) is 3. The van der Waals surface area contributed by atoms with E-state index in [2.05, 4.69) is 5.32 Å². The number of carbonyl (C=O) groups is 1. The Labute approximate surface area is 148 Å². The quantitative estimate of drug-likeness (QED) is 0.445. The Morgan fingerprint density at radius 2 is 2.32 bits per heavy atom. The second-order valence-electron chi connectivity index (χ2n) is 5.84. The molecule has 6 heteroatoms. The van der Waals surface area contributed by atoms with Gasteiger partial charge in [-0.05, 0) is 38.5 Å². The van der Waals surface area contributed by atoms with Crippen LogP contribution >= 0.6 is 0 Å². The van der Waals surface area contributed by atoms with Crippen LogP contribution in [0.1, 0.15) is 31.4 Å². The highest BCUT2D eigenvalue weighted by molar-refractivity contribution is 6.02. The van der Waals surface area contributed by atoms with Crippen molar-refractivity contribution in [3.63, 3.8) is 0 Å². The molecule has 0 aliphatic carbocycles. The Hall–Kier alpha value is -2.52. The van der Waals surface area contributed by atoms with Crippen LogP contribution in [0.15, 0.2) is 17.7 Å². The minimum Gasteiger partial charge on any atom is -0.493 e. The molecule has 2 rings (SSSR count). The summed E-state index contributed by atoms with van der Waals surface area (Å²) in [5, 5.41) is 12.1. The lowest BCUT2D eigenvalue weighted by molar-refractivity contribution is -0.117. The third-order valence-corrected chi connectivity index (χ3v) is 3.80. The molecule has 0 radical (unpaired) electrons. The van der Waals surface area contributed by atoms with E-state index in [9.17, 15) is 10.1 Å². The molecule has 0 unspecified atom stereocenters. The number of rotatable bonds is 8. The fourth-order valence-corrected chi connectivity index (χ4v) is 2.67. The zero-order valence-corrected chi connectivity index (χ0v) is 14.9. The standard InChI is InChI=1S/C19H24N2O4/c1-4-24-17-10-14-8-13(2)25-18(14)11-15(17)9-16(12-20)19(22)21-6-5-7-23-3/h9-11,13H,4-8H2,1-3H3,(H,21,22)/b16-9+/t13-/m1/s1. The molecule has 1 heterocycles. The predicted molar refractivity (Wildman–Crippen MR) is 94.5 cm³/mol. The molecule has 0 aromatic heterocycles. The van der Waals surface area contributed by atoms with Crippen LogP contribution in [-0.4, -0.2) is 38.9 Å². The summed E-state index contributed by atoms with van der Waals surface area (Å²) in [5.74, 6) is 1.02. The molecule has 1 aliphatic heterocycles. The lowest BCUT2D eigenvalue weighted by atomic mass is 10.0. The molecule has 0 saturated carbocycles. The first-order valence-corrected chi connectivity index (χ1v) is 8.44. The second-order valence-corrected chi connectivity index (χ2v) is 5.84. The highest BCUT2D eigenvalue weighted by Gasteiger charge is 2.22. The third-order valence-electron chi connectivity index (χ3n) is 3.80. The summed E-state index contributed by atoms with van der Waals surface area (Å²) in [4.78, 5) is 12.2. The summed E-state index contributed by atoms with van der Waals surface area (Å²) in [6, 6.07) is 5.72. The summed E-state index contributed by atoms with van der Waals surface area (Å²) in [7, 11) is 1.61. The van der Waals surface area contributed by atoms with Crippen molar-refractivity contribution in [1.82, 2.24) is 5.32 Å². The molecule has 1 amide bonds. The number of fused-ring (bicyclic) bond motifs is 1. The number of benzene rings is 1. The molecule has 134 valence electrons. The number of nitrogens with zero attached hydrogens (tertiary/aromatic N) is 1. The van der Waals surface area contributed by atoms with Gasteiger partial charge in [-0.1, -0.05) is 0 Å². The minimum absolute atomic E-state index is 0.0318. The van der Waals surface area contributed by atoms with Crippen molar-refractivity contribution < 1.29 is 19.0 Å². The van der Waals surface area contributed by atoms with Gasteiger partial charge >= 0.3 is 0 Å². The van der Waals surface area contributed by atoms with Gasteiger partial charge in [-0.25, -0.2) is 0 Å². The van der Waals surface area contributed by atoms with Crippen LogP contribution in [0.5, 0.6) is 11.5 Å². The molecule has 0 spiro atoms. The minimum atomic E-state index is -0.407. The van der Waals surface area contributed by atoms with Gasteiger partial charge < -0.3 is 19.5 Å². The molecule has 0 bridgehead atoms. The molecule has 0 saturated heterocycles. The Morgan fingerprint density at radius 3 is 3.00 bits per heavy atom. The summed E-state index contributed by atoms with van der Waals surface area (Å²) in [6.07, 6.45) is 3.17. The molecule has 1 aromatic rings. The van der Waals surface area contributed by atoms with E-state index in [1.807, 2.05) is 32.0 Å². The summed E-state index contributed by atoms with van der Waals surface area (Å²) in [6.45, 7) is 5.41. The van der Waals surface area contributed by atoms with Crippen LogP contribution in [0.25, 0.3) is 6.08 Å². The van der Waals surface area contributed by atoms with Gasteiger partial charge in [0.2, 0.25) is 0 Å². The maximum absolute atomic E-state index is 12.2. The average molecular weight is 344 g/mol. The number of hydrogen-bond acceptors (Lipinski definition) is 5. The fourth-order valence-electron chi connectivity index (χ4n) is 2.67. The SMILES string of the molecule is CCOc1cc2c(cc1/C=C(\C#N)C(=O)NCCCOC)O[C@H](C)C2. The Morgan fingerprint density at radius 1 is 1.52 bits per heavy atom. The van der Waals surface area contributed by atoms with Crippen molar-refractivity contribution in [2.75, 3.05) is 26.9 Å². The van der Waals surface area contributed by atoms with Crippen LogP contribution in [0.3, 0.4) is 0 Å². The Balaban J connectivity index is 2.23. The van der Waals surface area contributed by atoms with Gasteiger partial charge in [-0.2, -0.15) is 5.26 Å². The smallest absolute Gasteiger partial charge is 0.261 e. The maximum Gasteiger partial charge on any atom is 0.261 e. The maximum atomic E-state index is 12.2. The first kappa shape index (κ1) is 18.8. The molecule has 1 atom stereocenters. The zero-order valence-electron chi connectivity index (χ0n) is 14.9. The van der Waals surface area contributed by atoms with Gasteiger partial charge in [0, 0.05) is 37.8 Å². The predicted octanol–water partition coefficient (Wildman–Crippen LogP) is 2.47. The van der Waals surface area contributed by atoms with Crippen LogP contribution < -0.4 is 14.8 Å². The molecule has 6 nitrogen and oxygen atoms in total. The summed E-state index contributed by atoms with van der Waals surface area (Å²) < 4.78 is 16.4. The first-order chi connectivity index (χ1) is 12.1. The average Bonchev–Trinajstić information content (AvgIpc) is 2.95. The molecular weight excluding hydrogens is 320 g/mol. The summed E-state index contributed by atoms with van der Waals surface area (Å²) >= 11 is 0. The lowest BCUT2D eigenvalue weighted by Crippen LogP contribution is -2.26. The molecule has 1 aromatic carbocycles. The fraction of sp³-hybridized carbons (Fsp3) is 0.474. The van der Waals surface area contributed by atoms with E-state index in [0.29, 0.717) is 37.5 Å². The number of hydrogen-bond donors (Lipinski definition) is 1. The van der Waals surface area contributed by atoms with Gasteiger partial charge in [-0.3, -0.25) is 4.79 Å². The molecule has 1 N–H and O–H groups in total. The largest absolute Gasteiger partial charge is 0.493 e. The first-order valence-electron chi connectivity index (χ1n) is 8.44. The third kappa shape index (κ3) is 4.97. The van der Waals surface area contributed by atoms with Crippen molar-refractivity contribution in [2.24, 2.45) is 0 Å². The zero-order chi connectivity index (χ0) is 18.2. The van der Waals surface area contributed by atoms with Crippen LogP contribution in [0.4, 0.5) is 0 Å². The normalized spacial score (nSPS) is 15.9. The summed E-state index contributed by atoms with van der Waals surface area (Å²) in [5.41, 5.74) is 1.78. The van der Waals surface area contributed by atoms with Gasteiger partial charge in [-0.15, -0.1) is 0 Å². The number of amides is 1. The number of nitrogens with one attached hydrogen (secondary N) is 1. The molecule has 0 fully saturated rings. The van der Waals surface area contributed by atoms with E-state index in [1.165, 1.54) is 0 Å². The van der Waals surface area contributed by atoms with E-state index in [0.717, 1.165) is 17.7 Å². The van der Waals surface area contributed by atoms with Crippen LogP contribution in [0, 0.1) is 11.3 Å². The molecule has 1 aliphatic rings. The van der Waals surface area contributed by atoms with Crippen LogP contribution in [0.2, 0.25) is 0 Å². The van der Waals surface area contributed by atoms with Crippen molar-refractivity contribution >= 4 is 12.0 Å². The van der Waals surface area contributed by atoms with Crippen molar-refractivity contribution in [3.05, 3.63) is 28.8 Å². The van der Waals surface area contributed by atoms with Crippen LogP contribution in [-0.2, 0) is 16.0 Å². The van der Waals surface area contributed by atoms with E-state index in [1.54, 1.807) is 13.2 Å².